The summed E-state index contributed by atoms with van der Waals surface area (Å²) >= 11 is 2.53. The predicted molar refractivity (Wildman–Crippen MR) is 86.6 cm³/mol. The molecular formula is C17H13I. The van der Waals surface area contributed by atoms with Gasteiger partial charge < -0.3 is 0 Å². The molecule has 0 aromatic heterocycles. The van der Waals surface area contributed by atoms with Crippen LogP contribution >= 0.6 is 22.6 Å². The minimum atomic E-state index is 0.437. The lowest BCUT2D eigenvalue weighted by Crippen LogP contribution is -2.00. The molecule has 1 aliphatic carbocycles. The molecule has 18 heavy (non-hydrogen) atoms. The highest BCUT2D eigenvalue weighted by atomic mass is 127. The van der Waals surface area contributed by atoms with Crippen molar-refractivity contribution in [2.75, 3.05) is 0 Å². The average Bonchev–Trinajstić information content (AvgIpc) is 2.83. The van der Waals surface area contributed by atoms with E-state index in [0.717, 1.165) is 0 Å². The third-order valence-corrected chi connectivity index (χ3v) is 4.54. The Morgan fingerprint density at radius 1 is 0.611 bits per heavy atom. The van der Waals surface area contributed by atoms with E-state index in [0.29, 0.717) is 3.92 Å². The first kappa shape index (κ1) is 11.7. The normalized spacial score (nSPS) is 15.4. The summed E-state index contributed by atoms with van der Waals surface area (Å²) in [6.07, 6.45) is 4.49. The Kier molecular flexibility index (Phi) is 3.33. The topological polar surface area (TPSA) is 0 Å². The number of alkyl halides is 1. The van der Waals surface area contributed by atoms with Gasteiger partial charge in [-0.15, -0.1) is 0 Å². The van der Waals surface area contributed by atoms with Gasteiger partial charge in [0.25, 0.3) is 0 Å². The number of rotatable bonds is 2. The minimum absolute atomic E-state index is 0.437. The summed E-state index contributed by atoms with van der Waals surface area (Å²) in [7, 11) is 0. The quantitative estimate of drug-likeness (QED) is 0.533. The minimum Gasteiger partial charge on any atom is -0.0721 e. The molecule has 0 saturated carbocycles. The molecule has 88 valence electrons. The third-order valence-electron chi connectivity index (χ3n) is 3.20. The molecule has 0 radical (unpaired) electrons. The van der Waals surface area contributed by atoms with Crippen molar-refractivity contribution in [1.29, 1.82) is 0 Å². The van der Waals surface area contributed by atoms with Crippen molar-refractivity contribution in [3.8, 4) is 0 Å². The van der Waals surface area contributed by atoms with Crippen LogP contribution in [0.1, 0.15) is 11.1 Å². The summed E-state index contributed by atoms with van der Waals surface area (Å²) in [5.74, 6) is 0. The van der Waals surface area contributed by atoms with Gasteiger partial charge in [-0.25, -0.2) is 0 Å². The van der Waals surface area contributed by atoms with Crippen LogP contribution in [-0.2, 0) is 0 Å². The molecule has 0 heterocycles. The van der Waals surface area contributed by atoms with E-state index in [1.165, 1.54) is 22.3 Å². The van der Waals surface area contributed by atoms with Gasteiger partial charge in [-0.1, -0.05) is 95.4 Å². The van der Waals surface area contributed by atoms with E-state index in [4.69, 9.17) is 0 Å². The van der Waals surface area contributed by atoms with Crippen LogP contribution in [0.3, 0.4) is 0 Å². The van der Waals surface area contributed by atoms with Crippen molar-refractivity contribution in [1.82, 2.24) is 0 Å². The van der Waals surface area contributed by atoms with Crippen LogP contribution in [0.4, 0.5) is 0 Å². The Morgan fingerprint density at radius 3 is 1.39 bits per heavy atom. The molecule has 0 atom stereocenters. The number of benzene rings is 2. The van der Waals surface area contributed by atoms with Gasteiger partial charge >= 0.3 is 0 Å². The fourth-order valence-corrected chi connectivity index (χ4v) is 3.40. The highest BCUT2D eigenvalue weighted by Gasteiger charge is 2.21. The van der Waals surface area contributed by atoms with Crippen molar-refractivity contribution < 1.29 is 0 Å². The molecule has 0 saturated heterocycles. The molecule has 0 N–H and O–H groups in total. The summed E-state index contributed by atoms with van der Waals surface area (Å²) in [5.41, 5.74) is 5.43. The van der Waals surface area contributed by atoms with E-state index >= 15 is 0 Å². The van der Waals surface area contributed by atoms with Gasteiger partial charge in [0.1, 0.15) is 0 Å². The first-order valence-electron chi connectivity index (χ1n) is 6.03. The maximum absolute atomic E-state index is 2.53. The Labute approximate surface area is 121 Å². The van der Waals surface area contributed by atoms with E-state index < -0.39 is 0 Å². The second-order valence-corrected chi connectivity index (χ2v) is 5.58. The molecular weight excluding hydrogens is 331 g/mol. The van der Waals surface area contributed by atoms with Gasteiger partial charge in [-0.05, 0) is 22.3 Å². The Hall–Kier alpha value is -1.35. The second-order valence-electron chi connectivity index (χ2n) is 4.34. The zero-order valence-electron chi connectivity index (χ0n) is 9.88. The molecule has 0 spiro atoms. The number of hydrogen-bond donors (Lipinski definition) is 0. The average molecular weight is 344 g/mol. The van der Waals surface area contributed by atoms with Crippen LogP contribution in [0, 0.1) is 0 Å². The fraction of sp³-hybridized carbons (Fsp3) is 0.0588. The maximum Gasteiger partial charge on any atom is 0.0620 e. The van der Waals surface area contributed by atoms with Crippen LogP contribution < -0.4 is 0 Å². The molecule has 0 aliphatic heterocycles. The molecule has 0 nitrogen and oxygen atoms in total. The van der Waals surface area contributed by atoms with E-state index in [9.17, 15) is 0 Å². The van der Waals surface area contributed by atoms with Crippen LogP contribution in [0.25, 0.3) is 11.1 Å². The smallest absolute Gasteiger partial charge is 0.0620 e. The standard InChI is InChI=1S/C17H13I/c18-17-15(13-7-3-1-4-8-13)11-12-16(17)14-9-5-2-6-10-14/h1-12,17H. The van der Waals surface area contributed by atoms with Crippen LogP contribution in [-0.4, -0.2) is 3.92 Å². The summed E-state index contributed by atoms with van der Waals surface area (Å²) in [5, 5.41) is 0. The molecule has 0 amide bonds. The van der Waals surface area contributed by atoms with E-state index in [1.54, 1.807) is 0 Å². The van der Waals surface area contributed by atoms with Gasteiger partial charge in [0.2, 0.25) is 0 Å². The molecule has 1 heteroatoms. The predicted octanol–water partition coefficient (Wildman–Crippen LogP) is 4.97. The molecule has 1 aliphatic rings. The zero-order valence-corrected chi connectivity index (χ0v) is 12.0. The Morgan fingerprint density at radius 2 is 1.00 bits per heavy atom. The van der Waals surface area contributed by atoms with Gasteiger partial charge in [-0.2, -0.15) is 0 Å². The largest absolute Gasteiger partial charge is 0.0721 e. The highest BCUT2D eigenvalue weighted by Crippen LogP contribution is 2.39. The second kappa shape index (κ2) is 5.11. The molecule has 2 aromatic carbocycles. The lowest BCUT2D eigenvalue weighted by Gasteiger charge is -2.13. The summed E-state index contributed by atoms with van der Waals surface area (Å²) < 4.78 is 0.437. The third kappa shape index (κ3) is 2.15. The lowest BCUT2D eigenvalue weighted by molar-refractivity contribution is 1.47. The monoisotopic (exact) mass is 344 g/mol. The van der Waals surface area contributed by atoms with E-state index in [1.807, 2.05) is 0 Å². The van der Waals surface area contributed by atoms with Crippen molar-refractivity contribution in [3.63, 3.8) is 0 Å². The van der Waals surface area contributed by atoms with Gasteiger partial charge in [-0.3, -0.25) is 0 Å². The van der Waals surface area contributed by atoms with Crippen molar-refractivity contribution in [2.24, 2.45) is 0 Å². The first-order valence-corrected chi connectivity index (χ1v) is 7.27. The highest BCUT2D eigenvalue weighted by molar-refractivity contribution is 14.1. The summed E-state index contributed by atoms with van der Waals surface area (Å²) in [6, 6.07) is 21.2. The van der Waals surface area contributed by atoms with E-state index in [-0.39, 0.29) is 0 Å². The van der Waals surface area contributed by atoms with Crippen molar-refractivity contribution in [2.45, 2.75) is 3.92 Å². The maximum atomic E-state index is 2.53. The van der Waals surface area contributed by atoms with Crippen LogP contribution in [0.5, 0.6) is 0 Å². The zero-order chi connectivity index (χ0) is 12.4. The molecule has 0 unspecified atom stereocenters. The van der Waals surface area contributed by atoms with Gasteiger partial charge in [0, 0.05) is 0 Å². The van der Waals surface area contributed by atoms with Crippen molar-refractivity contribution >= 4 is 33.7 Å². The van der Waals surface area contributed by atoms with E-state index in [2.05, 4.69) is 95.4 Å². The molecule has 0 fully saturated rings. The fourth-order valence-electron chi connectivity index (χ4n) is 2.26. The summed E-state index contributed by atoms with van der Waals surface area (Å²) in [4.78, 5) is 0. The molecule has 2 aromatic rings. The molecule has 0 bridgehead atoms. The lowest BCUT2D eigenvalue weighted by atomic mass is 9.99. The first-order chi connectivity index (χ1) is 8.86. The SMILES string of the molecule is IC1C(c2ccccc2)=CC=C1c1ccccc1. The number of allylic oxidation sites excluding steroid dienone is 4. The van der Waals surface area contributed by atoms with Gasteiger partial charge in [0.05, 0.1) is 3.92 Å². The van der Waals surface area contributed by atoms with Gasteiger partial charge in [0.15, 0.2) is 0 Å². The number of hydrogen-bond acceptors (Lipinski definition) is 0. The van der Waals surface area contributed by atoms with Crippen molar-refractivity contribution in [3.05, 3.63) is 83.9 Å². The number of halogens is 1. The summed E-state index contributed by atoms with van der Waals surface area (Å²) in [6.45, 7) is 0. The Balaban J connectivity index is 1.90. The van der Waals surface area contributed by atoms with Crippen LogP contribution in [0.2, 0.25) is 0 Å². The molecule has 3 rings (SSSR count). The Bertz CT molecular complexity index is 539. The van der Waals surface area contributed by atoms with Crippen LogP contribution in [0.15, 0.2) is 72.8 Å².